The van der Waals surface area contributed by atoms with E-state index in [1.54, 1.807) is 0 Å². The lowest BCUT2D eigenvalue weighted by Crippen LogP contribution is -2.09. The highest BCUT2D eigenvalue weighted by molar-refractivity contribution is 7.76. The fraction of sp³-hybridized carbons (Fsp3) is 0. The van der Waals surface area contributed by atoms with Crippen LogP contribution in [0.15, 0.2) is 0 Å². The first kappa shape index (κ1) is 6.13. The van der Waals surface area contributed by atoms with Crippen LogP contribution in [0.25, 0.3) is 13.2 Å². The van der Waals surface area contributed by atoms with Gasteiger partial charge in [-0.1, -0.05) is 25.4 Å². The Hall–Kier alpha value is 0.0100. The lowest BCUT2D eigenvalue weighted by molar-refractivity contribution is 1.96. The van der Waals surface area contributed by atoms with Gasteiger partial charge in [-0.25, -0.2) is 0 Å². The molecule has 0 fully saturated rings. The molecule has 0 radical (unpaired) electrons. The molecular formula is C5H4S3. The van der Waals surface area contributed by atoms with Crippen molar-refractivity contribution in [2.45, 2.75) is 0 Å². The summed E-state index contributed by atoms with van der Waals surface area (Å²) in [7, 11) is 0. The van der Waals surface area contributed by atoms with Crippen LogP contribution in [-0.2, 0) is 0 Å². The van der Waals surface area contributed by atoms with Crippen molar-refractivity contribution in [2.75, 3.05) is 0 Å². The van der Waals surface area contributed by atoms with Gasteiger partial charge >= 0.3 is 0 Å². The van der Waals surface area contributed by atoms with Gasteiger partial charge in [0.1, 0.15) is 3.14 Å². The Balaban J connectivity index is 3.86. The van der Waals surface area contributed by atoms with Crippen LogP contribution in [-0.4, -0.2) is 0 Å². The molecule has 0 aliphatic rings. The minimum atomic E-state index is 0.917. The van der Waals surface area contributed by atoms with Crippen LogP contribution in [0.1, 0.15) is 0 Å². The van der Waals surface area contributed by atoms with E-state index in [2.05, 4.69) is 13.2 Å². The zero-order valence-corrected chi connectivity index (χ0v) is 6.59. The molecular weight excluding hydrogens is 156 g/mol. The lowest BCUT2D eigenvalue weighted by Gasteiger charge is -1.57. The van der Waals surface area contributed by atoms with Crippen LogP contribution in [0, 0.1) is 3.14 Å². The van der Waals surface area contributed by atoms with Crippen molar-refractivity contribution < 1.29 is 0 Å². The molecule has 0 saturated heterocycles. The fourth-order valence-electron chi connectivity index (χ4n) is 0.336. The van der Waals surface area contributed by atoms with Gasteiger partial charge in [0, 0.05) is 9.06 Å². The lowest BCUT2D eigenvalue weighted by atomic mass is 10.8. The van der Waals surface area contributed by atoms with Gasteiger partial charge < -0.3 is 0 Å². The van der Waals surface area contributed by atoms with E-state index in [1.165, 1.54) is 22.7 Å². The first-order chi connectivity index (χ1) is 3.70. The smallest absolute Gasteiger partial charge is 0.113 e. The van der Waals surface area contributed by atoms with Gasteiger partial charge in [0.25, 0.3) is 0 Å². The van der Waals surface area contributed by atoms with Gasteiger partial charge in [0.05, 0.1) is 0 Å². The molecule has 0 spiro atoms. The fourth-order valence-corrected chi connectivity index (χ4v) is 2.59. The largest absolute Gasteiger partial charge is 0.144 e. The van der Waals surface area contributed by atoms with Crippen molar-refractivity contribution in [3.63, 3.8) is 0 Å². The molecule has 42 valence electrons. The molecule has 1 heterocycles. The Morgan fingerprint density at radius 1 is 1.12 bits per heavy atom. The SMILES string of the molecule is C=c1sc(=S)sc1=C. The van der Waals surface area contributed by atoms with Crippen LogP contribution < -0.4 is 9.06 Å². The van der Waals surface area contributed by atoms with Crippen molar-refractivity contribution in [2.24, 2.45) is 0 Å². The van der Waals surface area contributed by atoms with E-state index in [-0.39, 0.29) is 0 Å². The summed E-state index contributed by atoms with van der Waals surface area (Å²) < 4.78 is 2.92. The number of hydrogen-bond donors (Lipinski definition) is 0. The predicted molar refractivity (Wildman–Crippen MR) is 43.3 cm³/mol. The van der Waals surface area contributed by atoms with Gasteiger partial charge in [-0.05, 0) is 0 Å². The Morgan fingerprint density at radius 3 is 1.62 bits per heavy atom. The monoisotopic (exact) mass is 160 g/mol. The minimum Gasteiger partial charge on any atom is -0.113 e. The van der Waals surface area contributed by atoms with Crippen LogP contribution in [0.5, 0.6) is 0 Å². The Labute approximate surface area is 60.4 Å². The number of hydrogen-bond acceptors (Lipinski definition) is 3. The summed E-state index contributed by atoms with van der Waals surface area (Å²) in [5.74, 6) is 0. The molecule has 0 unspecified atom stereocenters. The second kappa shape index (κ2) is 2.09. The van der Waals surface area contributed by atoms with Crippen molar-refractivity contribution in [1.29, 1.82) is 0 Å². The molecule has 0 bridgehead atoms. The van der Waals surface area contributed by atoms with Crippen LogP contribution >= 0.6 is 34.9 Å². The third-order valence-corrected chi connectivity index (χ3v) is 3.17. The zero-order chi connectivity index (χ0) is 6.15. The molecule has 0 nitrogen and oxygen atoms in total. The van der Waals surface area contributed by atoms with Crippen LogP contribution in [0.3, 0.4) is 0 Å². The zero-order valence-electron chi connectivity index (χ0n) is 4.14. The van der Waals surface area contributed by atoms with E-state index in [0.29, 0.717) is 0 Å². The van der Waals surface area contributed by atoms with Crippen molar-refractivity contribution in [3.8, 4) is 0 Å². The first-order valence-electron chi connectivity index (χ1n) is 1.98. The van der Waals surface area contributed by atoms with Gasteiger partial charge in [-0.3, -0.25) is 0 Å². The van der Waals surface area contributed by atoms with E-state index in [1.807, 2.05) is 0 Å². The van der Waals surface area contributed by atoms with E-state index in [4.69, 9.17) is 12.2 Å². The molecule has 0 aliphatic carbocycles. The topological polar surface area (TPSA) is 0 Å². The van der Waals surface area contributed by atoms with Gasteiger partial charge in [0.2, 0.25) is 0 Å². The van der Waals surface area contributed by atoms with Crippen molar-refractivity contribution in [1.82, 2.24) is 0 Å². The maximum atomic E-state index is 4.88. The maximum Gasteiger partial charge on any atom is 0.144 e. The molecule has 3 heteroatoms. The van der Waals surface area contributed by atoms with Crippen molar-refractivity contribution in [3.05, 3.63) is 12.2 Å². The quantitative estimate of drug-likeness (QED) is 0.516. The predicted octanol–water partition coefficient (Wildman–Crippen LogP) is 1.36. The summed E-state index contributed by atoms with van der Waals surface area (Å²) in [4.78, 5) is 0. The summed E-state index contributed by atoms with van der Waals surface area (Å²) in [6.45, 7) is 7.48. The van der Waals surface area contributed by atoms with Gasteiger partial charge in [-0.15, -0.1) is 22.7 Å². The third kappa shape index (κ3) is 1.05. The molecule has 0 aromatic carbocycles. The molecule has 1 aromatic rings. The second-order valence-electron chi connectivity index (χ2n) is 1.30. The van der Waals surface area contributed by atoms with E-state index >= 15 is 0 Å². The molecule has 0 atom stereocenters. The summed E-state index contributed by atoms with van der Waals surface area (Å²) in [5.41, 5.74) is 0. The summed E-state index contributed by atoms with van der Waals surface area (Å²) in [6.07, 6.45) is 0. The second-order valence-corrected chi connectivity index (χ2v) is 4.69. The maximum absolute atomic E-state index is 4.88. The molecule has 0 amide bonds. The average molecular weight is 160 g/mol. The highest BCUT2D eigenvalue weighted by Gasteiger charge is 1.81. The standard InChI is InChI=1S/C5H4S3/c1-3-4(2)8-5(6)7-3/h1-2H2. The van der Waals surface area contributed by atoms with Gasteiger partial charge in [0.15, 0.2) is 0 Å². The normalized spacial score (nSPS) is 9.50. The third-order valence-electron chi connectivity index (χ3n) is 0.724. The highest BCUT2D eigenvalue weighted by Crippen LogP contribution is 1.94. The van der Waals surface area contributed by atoms with E-state index in [0.717, 1.165) is 12.2 Å². The number of rotatable bonds is 0. The molecule has 1 rings (SSSR count). The molecule has 0 N–H and O–H groups in total. The molecule has 1 aromatic heterocycles. The Morgan fingerprint density at radius 2 is 1.50 bits per heavy atom. The average Bonchev–Trinajstić information content (AvgIpc) is 1.85. The molecule has 0 saturated carbocycles. The molecule has 8 heavy (non-hydrogen) atoms. The van der Waals surface area contributed by atoms with Gasteiger partial charge in [-0.2, -0.15) is 0 Å². The van der Waals surface area contributed by atoms with Crippen molar-refractivity contribution >= 4 is 48.0 Å². The minimum absolute atomic E-state index is 0.917. The van der Waals surface area contributed by atoms with Crippen LogP contribution in [0.4, 0.5) is 0 Å². The first-order valence-corrected chi connectivity index (χ1v) is 4.02. The summed E-state index contributed by atoms with van der Waals surface area (Å²) in [5, 5.41) is 0. The van der Waals surface area contributed by atoms with Crippen LogP contribution in [0.2, 0.25) is 0 Å². The Kier molecular flexibility index (Phi) is 1.60. The van der Waals surface area contributed by atoms with E-state index < -0.39 is 0 Å². The van der Waals surface area contributed by atoms with E-state index in [9.17, 15) is 0 Å². The highest BCUT2D eigenvalue weighted by atomic mass is 32.2. The summed E-state index contributed by atoms with van der Waals surface area (Å²) >= 11 is 7.94. The summed E-state index contributed by atoms with van der Waals surface area (Å²) in [6, 6.07) is 0. The Bertz CT molecular complexity index is 286. The molecule has 0 aliphatic heterocycles.